The van der Waals surface area contributed by atoms with E-state index in [0.717, 1.165) is 23.5 Å². The quantitative estimate of drug-likeness (QED) is 0.547. The molecule has 2 saturated heterocycles. The fourth-order valence-corrected chi connectivity index (χ4v) is 7.27. The summed E-state index contributed by atoms with van der Waals surface area (Å²) in [7, 11) is -3.66. The van der Waals surface area contributed by atoms with Gasteiger partial charge < -0.3 is 19.8 Å². The van der Waals surface area contributed by atoms with Gasteiger partial charge in [-0.2, -0.15) is 17.5 Å². The van der Waals surface area contributed by atoms with Gasteiger partial charge in [-0.3, -0.25) is 4.90 Å². The van der Waals surface area contributed by atoms with E-state index in [0.29, 0.717) is 38.5 Å². The fourth-order valence-electron chi connectivity index (χ4n) is 4.66. The molecule has 13 heteroatoms. The molecule has 0 radical (unpaired) electrons. The number of morpholine rings is 1. The minimum Gasteiger partial charge on any atom is -0.393 e. The Morgan fingerprint density at radius 3 is 2.44 bits per heavy atom. The summed E-state index contributed by atoms with van der Waals surface area (Å²) in [5.41, 5.74) is -3.21. The molecule has 3 atom stereocenters. The Kier molecular flexibility index (Phi) is 8.01. The number of thiophene rings is 1. The lowest BCUT2D eigenvalue weighted by atomic mass is 9.93. The van der Waals surface area contributed by atoms with Gasteiger partial charge in [0.25, 0.3) is 10.0 Å². The van der Waals surface area contributed by atoms with Crippen LogP contribution in [0, 0.1) is 0 Å². The number of halogens is 3. The summed E-state index contributed by atoms with van der Waals surface area (Å²) in [6.45, 7) is 3.70. The average Bonchev–Trinajstić information content (AvgIpc) is 3.40. The van der Waals surface area contributed by atoms with Crippen LogP contribution in [-0.4, -0.2) is 98.6 Å². The summed E-state index contributed by atoms with van der Waals surface area (Å²) in [6, 6.07) is 8.40. The van der Waals surface area contributed by atoms with Crippen molar-refractivity contribution in [3.8, 4) is 0 Å². The van der Waals surface area contributed by atoms with Gasteiger partial charge in [0.1, 0.15) is 4.21 Å². The van der Waals surface area contributed by atoms with Crippen molar-refractivity contribution in [2.45, 2.75) is 35.0 Å². The van der Waals surface area contributed by atoms with Crippen LogP contribution >= 0.6 is 11.3 Å². The summed E-state index contributed by atoms with van der Waals surface area (Å²) in [5, 5.41) is 21.0. The highest BCUT2D eigenvalue weighted by Gasteiger charge is 2.54. The molecule has 0 bridgehead atoms. The number of aliphatic hydroxyl groups is 2. The number of sulfonamides is 1. The molecule has 2 aliphatic heterocycles. The first kappa shape index (κ1) is 27.3. The minimum atomic E-state index is -5.04. The molecule has 0 aliphatic carbocycles. The number of piperazine rings is 1. The number of aliphatic hydroxyl groups excluding tert-OH is 1. The molecular formula is C23H30F3N3O5S2. The zero-order valence-electron chi connectivity index (χ0n) is 19.8. The third-order valence-corrected chi connectivity index (χ3v) is 10.1. The number of benzene rings is 1. The van der Waals surface area contributed by atoms with E-state index in [1.807, 2.05) is 11.8 Å². The van der Waals surface area contributed by atoms with Crippen LogP contribution in [0.25, 0.3) is 0 Å². The number of hydrogen-bond acceptors (Lipinski definition) is 8. The van der Waals surface area contributed by atoms with Crippen molar-refractivity contribution in [3.05, 3.63) is 47.3 Å². The molecule has 2 aliphatic rings. The molecule has 0 saturated carbocycles. The van der Waals surface area contributed by atoms with Gasteiger partial charge in [0, 0.05) is 44.5 Å². The molecule has 8 nitrogen and oxygen atoms in total. The molecule has 2 N–H and O–H groups in total. The van der Waals surface area contributed by atoms with Crippen LogP contribution in [0.4, 0.5) is 18.9 Å². The number of rotatable bonds is 7. The smallest absolute Gasteiger partial charge is 0.393 e. The Balaban J connectivity index is 1.61. The number of nitrogens with zero attached hydrogens (tertiary/aromatic N) is 3. The van der Waals surface area contributed by atoms with Crippen molar-refractivity contribution in [1.29, 1.82) is 0 Å². The van der Waals surface area contributed by atoms with Crippen molar-refractivity contribution in [1.82, 2.24) is 9.21 Å². The molecule has 0 spiro atoms. The van der Waals surface area contributed by atoms with Crippen LogP contribution in [0.3, 0.4) is 0 Å². The van der Waals surface area contributed by atoms with E-state index < -0.39 is 34.0 Å². The molecular weight excluding hydrogens is 519 g/mol. The molecule has 2 aromatic rings. The van der Waals surface area contributed by atoms with E-state index in [1.54, 1.807) is 17.5 Å². The molecule has 3 heterocycles. The van der Waals surface area contributed by atoms with E-state index >= 15 is 0 Å². The first-order chi connectivity index (χ1) is 17.0. The van der Waals surface area contributed by atoms with Crippen molar-refractivity contribution >= 4 is 27.0 Å². The van der Waals surface area contributed by atoms with Crippen LogP contribution in [0.2, 0.25) is 0 Å². The Morgan fingerprint density at radius 1 is 1.14 bits per heavy atom. The first-order valence-electron chi connectivity index (χ1n) is 11.6. The lowest BCUT2D eigenvalue weighted by Crippen LogP contribution is -2.60. The molecule has 2 fully saturated rings. The molecule has 0 unspecified atom stereocenters. The monoisotopic (exact) mass is 549 g/mol. The molecule has 1 aromatic heterocycles. The first-order valence-corrected chi connectivity index (χ1v) is 13.9. The maximum atomic E-state index is 13.4. The predicted molar refractivity (Wildman–Crippen MR) is 130 cm³/mol. The Bertz CT molecular complexity index is 1120. The highest BCUT2D eigenvalue weighted by atomic mass is 32.2. The van der Waals surface area contributed by atoms with Gasteiger partial charge >= 0.3 is 6.18 Å². The lowest BCUT2D eigenvalue weighted by molar-refractivity contribution is -0.277. The normalized spacial score (nSPS) is 24.6. The second-order valence-corrected chi connectivity index (χ2v) is 12.2. The second-order valence-electron chi connectivity index (χ2n) is 9.12. The maximum absolute atomic E-state index is 13.4. The topological polar surface area (TPSA) is 93.6 Å². The molecule has 4 rings (SSSR count). The standard InChI is InChI=1S/C23H30F3N3O5S2/c1-17-15-34-11-10-27(17)13-20-14-28(36(32,33)21-3-2-12-35-21)8-9-29(20)19-6-4-18(5-7-19)22(31,16-30)23(24,25)26/h2-7,12,17,20,30-31H,8-11,13-16H2,1H3/t17-,20-,22+/m0/s1. The molecule has 0 amide bonds. The van der Waals surface area contributed by atoms with Crippen LogP contribution in [-0.2, 0) is 20.4 Å². The van der Waals surface area contributed by atoms with E-state index in [1.165, 1.54) is 16.4 Å². The van der Waals surface area contributed by atoms with Gasteiger partial charge in [-0.25, -0.2) is 8.42 Å². The molecule has 36 heavy (non-hydrogen) atoms. The maximum Gasteiger partial charge on any atom is 0.423 e. The number of alkyl halides is 3. The summed E-state index contributed by atoms with van der Waals surface area (Å²) in [5.74, 6) is 0. The van der Waals surface area contributed by atoms with E-state index in [4.69, 9.17) is 4.74 Å². The van der Waals surface area contributed by atoms with Crippen molar-refractivity contribution < 1.29 is 36.5 Å². The largest absolute Gasteiger partial charge is 0.423 e. The Hall–Kier alpha value is -1.74. The van der Waals surface area contributed by atoms with Crippen molar-refractivity contribution in [3.63, 3.8) is 0 Å². The molecule has 200 valence electrons. The van der Waals surface area contributed by atoms with Crippen molar-refractivity contribution in [2.75, 3.05) is 57.4 Å². The lowest BCUT2D eigenvalue weighted by Gasteiger charge is -2.45. The van der Waals surface area contributed by atoms with E-state index in [9.17, 15) is 31.8 Å². The van der Waals surface area contributed by atoms with Gasteiger partial charge in [0.05, 0.1) is 25.9 Å². The summed E-state index contributed by atoms with van der Waals surface area (Å²) in [4.78, 5) is 4.23. The van der Waals surface area contributed by atoms with Crippen molar-refractivity contribution in [2.24, 2.45) is 0 Å². The van der Waals surface area contributed by atoms with E-state index in [-0.39, 0.29) is 29.4 Å². The highest BCUT2D eigenvalue weighted by Crippen LogP contribution is 2.39. The highest BCUT2D eigenvalue weighted by molar-refractivity contribution is 7.91. The van der Waals surface area contributed by atoms with Crippen LogP contribution in [0.1, 0.15) is 12.5 Å². The average molecular weight is 550 g/mol. The fraction of sp³-hybridized carbons (Fsp3) is 0.565. The summed E-state index contributed by atoms with van der Waals surface area (Å²) in [6.07, 6.45) is -5.04. The van der Waals surface area contributed by atoms with E-state index in [2.05, 4.69) is 4.90 Å². The summed E-state index contributed by atoms with van der Waals surface area (Å²) >= 11 is 1.16. The van der Waals surface area contributed by atoms with Crippen LogP contribution in [0.15, 0.2) is 46.0 Å². The second kappa shape index (κ2) is 10.6. The van der Waals surface area contributed by atoms with Gasteiger partial charge in [-0.1, -0.05) is 18.2 Å². The molecule has 1 aromatic carbocycles. The van der Waals surface area contributed by atoms with Gasteiger partial charge in [-0.05, 0) is 36.1 Å². The zero-order valence-corrected chi connectivity index (χ0v) is 21.4. The van der Waals surface area contributed by atoms with Gasteiger partial charge in [0.2, 0.25) is 5.60 Å². The predicted octanol–water partition coefficient (Wildman–Crippen LogP) is 2.09. The Labute approximate surface area is 212 Å². The van der Waals surface area contributed by atoms with Crippen LogP contribution in [0.5, 0.6) is 0 Å². The Morgan fingerprint density at radius 2 is 1.86 bits per heavy atom. The van der Waals surface area contributed by atoms with Crippen LogP contribution < -0.4 is 4.90 Å². The zero-order chi connectivity index (χ0) is 26.1. The minimum absolute atomic E-state index is 0.138. The number of anilines is 1. The van der Waals surface area contributed by atoms with Gasteiger partial charge in [-0.15, -0.1) is 11.3 Å². The third kappa shape index (κ3) is 5.28. The SMILES string of the molecule is C[C@H]1COCCN1C[C@H]1CN(S(=O)(=O)c2cccs2)CCN1c1ccc([C@](O)(CO)C(F)(F)F)cc1. The van der Waals surface area contributed by atoms with Gasteiger partial charge in [0.15, 0.2) is 0 Å². The summed E-state index contributed by atoms with van der Waals surface area (Å²) < 4.78 is 73.8. The third-order valence-electron chi connectivity index (χ3n) is 6.86. The number of ether oxygens (including phenoxy) is 1. The number of hydrogen-bond donors (Lipinski definition) is 2.